The number of nitrogen functional groups attached to an aromatic ring is 1. The summed E-state index contributed by atoms with van der Waals surface area (Å²) in [5, 5.41) is 8.39. The topological polar surface area (TPSA) is 53.1 Å². The van der Waals surface area contributed by atoms with E-state index in [0.717, 1.165) is 50.0 Å². The monoisotopic (exact) mass is 281 g/mol. The first kappa shape index (κ1) is 15.8. The molecule has 0 heterocycles. The summed E-state index contributed by atoms with van der Waals surface area (Å²) in [5.41, 5.74) is 7.44. The number of rotatable bonds is 8. The normalized spacial score (nSPS) is 10.5. The highest BCUT2D eigenvalue weighted by atomic mass is 35.5. The number of benzene rings is 1. The number of anilines is 1. The molecule has 19 heavy (non-hydrogen) atoms. The molecule has 0 aliphatic rings. The maximum atomic E-state index is 7.70. The maximum absolute atomic E-state index is 7.70. The lowest BCUT2D eigenvalue weighted by Gasteiger charge is -2.27. The Morgan fingerprint density at radius 2 is 1.79 bits per heavy atom. The third kappa shape index (κ3) is 4.75. The van der Waals surface area contributed by atoms with Crippen molar-refractivity contribution >= 4 is 23.1 Å². The third-order valence-corrected chi connectivity index (χ3v) is 3.39. The van der Waals surface area contributed by atoms with Gasteiger partial charge in [-0.3, -0.25) is 5.41 Å². The predicted molar refractivity (Wildman–Crippen MR) is 84.5 cm³/mol. The summed E-state index contributed by atoms with van der Waals surface area (Å²) in [7, 11) is 0. The van der Waals surface area contributed by atoms with E-state index in [9.17, 15) is 0 Å². The van der Waals surface area contributed by atoms with Crippen molar-refractivity contribution in [3.63, 3.8) is 0 Å². The van der Waals surface area contributed by atoms with Gasteiger partial charge in [-0.25, -0.2) is 0 Å². The van der Waals surface area contributed by atoms with Crippen molar-refractivity contribution in [3.05, 3.63) is 28.8 Å². The molecule has 106 valence electrons. The second-order valence-electron chi connectivity index (χ2n) is 4.77. The van der Waals surface area contributed by atoms with E-state index in [2.05, 4.69) is 18.7 Å². The Bertz CT molecular complexity index is 410. The minimum absolute atomic E-state index is 0.102. The van der Waals surface area contributed by atoms with Crippen molar-refractivity contribution in [2.45, 2.75) is 39.5 Å². The molecule has 0 amide bonds. The predicted octanol–water partition coefficient (Wildman–Crippen LogP) is 4.03. The molecular weight excluding hydrogens is 258 g/mol. The van der Waals surface area contributed by atoms with Gasteiger partial charge in [-0.2, -0.15) is 0 Å². The number of nitrogens with one attached hydrogen (secondary N) is 1. The third-order valence-electron chi connectivity index (χ3n) is 3.15. The summed E-state index contributed by atoms with van der Waals surface area (Å²) in [5.74, 6) is 0.102. The van der Waals surface area contributed by atoms with Gasteiger partial charge in [0.25, 0.3) is 0 Å². The average molecular weight is 282 g/mol. The van der Waals surface area contributed by atoms with Crippen LogP contribution in [0.3, 0.4) is 0 Å². The lowest BCUT2D eigenvalue weighted by atomic mass is 10.1. The van der Waals surface area contributed by atoms with Crippen molar-refractivity contribution in [3.8, 4) is 0 Å². The largest absolute Gasteiger partial charge is 0.384 e. The standard InChI is InChI=1S/C15H24ClN3/c1-3-5-9-19(10-6-4-2)14-11-12(16)7-8-13(14)15(17)18/h7-8,11H,3-6,9-10H2,1-2H3,(H3,17,18). The molecule has 1 rings (SSSR count). The van der Waals surface area contributed by atoms with Crippen LogP contribution in [0.4, 0.5) is 5.69 Å². The van der Waals surface area contributed by atoms with E-state index >= 15 is 0 Å². The number of hydrogen-bond donors (Lipinski definition) is 2. The number of hydrogen-bond acceptors (Lipinski definition) is 2. The SMILES string of the molecule is CCCCN(CCCC)c1cc(Cl)ccc1C(=N)N. The van der Waals surface area contributed by atoms with Gasteiger partial charge in [0.15, 0.2) is 0 Å². The van der Waals surface area contributed by atoms with Crippen molar-refractivity contribution in [2.24, 2.45) is 5.73 Å². The molecule has 0 unspecified atom stereocenters. The van der Waals surface area contributed by atoms with E-state index in [0.29, 0.717) is 5.02 Å². The van der Waals surface area contributed by atoms with Gasteiger partial charge in [-0.05, 0) is 31.0 Å². The first-order valence-corrected chi connectivity index (χ1v) is 7.36. The second-order valence-corrected chi connectivity index (χ2v) is 5.21. The van der Waals surface area contributed by atoms with Gasteiger partial charge in [-0.1, -0.05) is 38.3 Å². The zero-order valence-electron chi connectivity index (χ0n) is 11.9. The van der Waals surface area contributed by atoms with Gasteiger partial charge >= 0.3 is 0 Å². The minimum Gasteiger partial charge on any atom is -0.384 e. The average Bonchev–Trinajstić information content (AvgIpc) is 2.38. The van der Waals surface area contributed by atoms with E-state index in [1.807, 2.05) is 12.1 Å². The summed E-state index contributed by atoms with van der Waals surface area (Å²) < 4.78 is 0. The summed E-state index contributed by atoms with van der Waals surface area (Å²) >= 11 is 6.10. The Labute approximate surface area is 121 Å². The van der Waals surface area contributed by atoms with Crippen LogP contribution in [0, 0.1) is 5.41 Å². The van der Waals surface area contributed by atoms with Crippen LogP contribution in [0.1, 0.15) is 45.1 Å². The van der Waals surface area contributed by atoms with Crippen LogP contribution in [0.25, 0.3) is 0 Å². The van der Waals surface area contributed by atoms with Crippen molar-refractivity contribution < 1.29 is 0 Å². The Hall–Kier alpha value is -1.22. The number of nitrogens with two attached hydrogens (primary N) is 1. The van der Waals surface area contributed by atoms with Crippen molar-refractivity contribution in [1.82, 2.24) is 0 Å². The van der Waals surface area contributed by atoms with Crippen LogP contribution in [-0.2, 0) is 0 Å². The molecule has 0 saturated carbocycles. The Morgan fingerprint density at radius 3 is 2.26 bits per heavy atom. The van der Waals surface area contributed by atoms with Crippen LogP contribution in [-0.4, -0.2) is 18.9 Å². The van der Waals surface area contributed by atoms with Crippen LogP contribution >= 0.6 is 11.6 Å². The van der Waals surface area contributed by atoms with Crippen LogP contribution in [0.15, 0.2) is 18.2 Å². The fourth-order valence-electron chi connectivity index (χ4n) is 2.04. The molecule has 0 fully saturated rings. The molecule has 0 bridgehead atoms. The van der Waals surface area contributed by atoms with Crippen LogP contribution in [0.5, 0.6) is 0 Å². The van der Waals surface area contributed by atoms with Crippen LogP contribution in [0.2, 0.25) is 5.02 Å². The Kier molecular flexibility index (Phi) is 6.71. The summed E-state index contributed by atoms with van der Waals surface area (Å²) in [6.07, 6.45) is 4.57. The molecule has 1 aromatic rings. The number of unbranched alkanes of at least 4 members (excludes halogenated alkanes) is 2. The van der Waals surface area contributed by atoms with Gasteiger partial charge in [-0.15, -0.1) is 0 Å². The highest BCUT2D eigenvalue weighted by molar-refractivity contribution is 6.31. The van der Waals surface area contributed by atoms with E-state index < -0.39 is 0 Å². The Morgan fingerprint density at radius 1 is 1.21 bits per heavy atom. The zero-order valence-corrected chi connectivity index (χ0v) is 12.6. The molecule has 0 saturated heterocycles. The first-order valence-electron chi connectivity index (χ1n) is 6.99. The van der Waals surface area contributed by atoms with Gasteiger partial charge in [0.1, 0.15) is 5.84 Å². The van der Waals surface area contributed by atoms with E-state index in [-0.39, 0.29) is 5.84 Å². The molecule has 0 aromatic heterocycles. The number of amidine groups is 1. The molecule has 4 heteroatoms. The Balaban J connectivity index is 3.03. The van der Waals surface area contributed by atoms with E-state index in [1.165, 1.54) is 0 Å². The molecule has 0 aliphatic heterocycles. The highest BCUT2D eigenvalue weighted by Crippen LogP contribution is 2.25. The number of nitrogens with zero attached hydrogens (tertiary/aromatic N) is 1. The molecule has 1 aromatic carbocycles. The van der Waals surface area contributed by atoms with Gasteiger partial charge in [0.05, 0.1) is 0 Å². The molecular formula is C15H24ClN3. The number of halogens is 1. The van der Waals surface area contributed by atoms with Crippen LogP contribution < -0.4 is 10.6 Å². The molecule has 3 N–H and O–H groups in total. The van der Waals surface area contributed by atoms with Gasteiger partial charge in [0.2, 0.25) is 0 Å². The van der Waals surface area contributed by atoms with E-state index in [1.54, 1.807) is 6.07 Å². The fourth-order valence-corrected chi connectivity index (χ4v) is 2.21. The smallest absolute Gasteiger partial charge is 0.124 e. The lowest BCUT2D eigenvalue weighted by molar-refractivity contribution is 0.677. The van der Waals surface area contributed by atoms with E-state index in [4.69, 9.17) is 22.7 Å². The summed E-state index contributed by atoms with van der Waals surface area (Å²) in [6.45, 7) is 6.33. The van der Waals surface area contributed by atoms with Gasteiger partial charge in [0, 0.05) is 29.4 Å². The quantitative estimate of drug-likeness (QED) is 0.558. The zero-order chi connectivity index (χ0) is 14.3. The van der Waals surface area contributed by atoms with Crippen molar-refractivity contribution in [1.29, 1.82) is 5.41 Å². The molecule has 3 nitrogen and oxygen atoms in total. The summed E-state index contributed by atoms with van der Waals surface area (Å²) in [4.78, 5) is 2.30. The van der Waals surface area contributed by atoms with Crippen molar-refractivity contribution in [2.75, 3.05) is 18.0 Å². The molecule has 0 aliphatic carbocycles. The summed E-state index contributed by atoms with van der Waals surface area (Å²) in [6, 6.07) is 5.55. The van der Waals surface area contributed by atoms with Gasteiger partial charge < -0.3 is 10.6 Å². The minimum atomic E-state index is 0.102. The fraction of sp³-hybridized carbons (Fsp3) is 0.533. The molecule has 0 atom stereocenters. The molecule has 0 spiro atoms. The molecule has 0 radical (unpaired) electrons. The first-order chi connectivity index (χ1) is 9.10. The second kappa shape index (κ2) is 8.05. The maximum Gasteiger partial charge on any atom is 0.124 e. The highest BCUT2D eigenvalue weighted by Gasteiger charge is 2.13. The lowest BCUT2D eigenvalue weighted by Crippen LogP contribution is -2.28.